The number of Topliss-reactive ketones (excluding diaryl/α,β-unsaturated/α-hetero) is 1. The number of carbonyl (C=O) groups is 3. The van der Waals surface area contributed by atoms with Gasteiger partial charge in [0.15, 0.2) is 5.78 Å². The molecule has 0 saturated heterocycles. The highest BCUT2D eigenvalue weighted by Crippen LogP contribution is 2.15. The van der Waals surface area contributed by atoms with Crippen molar-refractivity contribution in [1.82, 2.24) is 5.32 Å². The Bertz CT molecular complexity index is 669. The van der Waals surface area contributed by atoms with Crippen LogP contribution in [0.3, 0.4) is 0 Å². The molecule has 1 atom stereocenters. The summed E-state index contributed by atoms with van der Waals surface area (Å²) >= 11 is 3.15. The summed E-state index contributed by atoms with van der Waals surface area (Å²) in [6, 6.07) is 6.57. The van der Waals surface area contributed by atoms with E-state index in [0.29, 0.717) is 38.2 Å². The fraction of sp³-hybridized carbons (Fsp3) is 0.571. The first-order valence-corrected chi connectivity index (χ1v) is 10.7. The second kappa shape index (κ2) is 12.5. The molecule has 162 valence electrons. The third-order valence-corrected chi connectivity index (χ3v) is 4.23. The molecule has 1 amide bonds. The number of alkyl halides is 1. The Morgan fingerprint density at radius 1 is 1.14 bits per heavy atom. The van der Waals surface area contributed by atoms with Crippen molar-refractivity contribution in [3.63, 3.8) is 0 Å². The van der Waals surface area contributed by atoms with Crippen molar-refractivity contribution in [3.05, 3.63) is 29.8 Å². The van der Waals surface area contributed by atoms with E-state index in [1.807, 2.05) is 12.1 Å². The van der Waals surface area contributed by atoms with Gasteiger partial charge in [-0.1, -0.05) is 28.1 Å². The SMILES string of the molecule is CCOC(=O)CCCOc1ccc(C[C@H](NC(=O)OC(C)(C)C)C(=O)CBr)cc1. The molecule has 1 aromatic carbocycles. The van der Waals surface area contributed by atoms with Gasteiger partial charge in [0.2, 0.25) is 0 Å². The van der Waals surface area contributed by atoms with E-state index in [9.17, 15) is 14.4 Å². The quantitative estimate of drug-likeness (QED) is 0.299. The van der Waals surface area contributed by atoms with Gasteiger partial charge in [-0.3, -0.25) is 9.59 Å². The molecule has 0 radical (unpaired) electrons. The van der Waals surface area contributed by atoms with Gasteiger partial charge in [0.1, 0.15) is 11.4 Å². The Kier molecular flexibility index (Phi) is 10.7. The second-order valence-electron chi connectivity index (χ2n) is 7.40. The largest absolute Gasteiger partial charge is 0.494 e. The Balaban J connectivity index is 2.57. The number of rotatable bonds is 11. The number of carbonyl (C=O) groups excluding carboxylic acids is 3. The summed E-state index contributed by atoms with van der Waals surface area (Å²) in [6.45, 7) is 7.85. The van der Waals surface area contributed by atoms with Crippen molar-refractivity contribution in [2.24, 2.45) is 0 Å². The zero-order chi connectivity index (χ0) is 21.9. The molecule has 8 heteroatoms. The van der Waals surface area contributed by atoms with E-state index in [1.165, 1.54) is 0 Å². The smallest absolute Gasteiger partial charge is 0.408 e. The van der Waals surface area contributed by atoms with Crippen molar-refractivity contribution in [2.45, 2.75) is 58.6 Å². The number of benzene rings is 1. The molecule has 0 spiro atoms. The van der Waals surface area contributed by atoms with Crippen molar-refractivity contribution in [1.29, 1.82) is 0 Å². The molecular weight excluding hydrogens is 442 g/mol. The van der Waals surface area contributed by atoms with Gasteiger partial charge in [-0.15, -0.1) is 0 Å². The number of ketones is 1. The Morgan fingerprint density at radius 2 is 1.79 bits per heavy atom. The zero-order valence-corrected chi connectivity index (χ0v) is 19.0. The molecule has 0 heterocycles. The Labute approximate surface area is 180 Å². The molecule has 0 bridgehead atoms. The van der Waals surface area contributed by atoms with Crippen molar-refractivity contribution >= 4 is 33.8 Å². The molecule has 0 fully saturated rings. The van der Waals surface area contributed by atoms with Gasteiger partial charge >= 0.3 is 12.1 Å². The Morgan fingerprint density at radius 3 is 2.34 bits per heavy atom. The van der Waals surface area contributed by atoms with Gasteiger partial charge < -0.3 is 19.5 Å². The third kappa shape index (κ3) is 10.9. The lowest BCUT2D eigenvalue weighted by atomic mass is 10.0. The lowest BCUT2D eigenvalue weighted by Gasteiger charge is -2.23. The summed E-state index contributed by atoms with van der Waals surface area (Å²) in [5.74, 6) is 0.294. The highest BCUT2D eigenvalue weighted by atomic mass is 79.9. The number of hydrogen-bond donors (Lipinski definition) is 1. The van der Waals surface area contributed by atoms with Crippen LogP contribution >= 0.6 is 15.9 Å². The van der Waals surface area contributed by atoms with Crippen LogP contribution in [0.1, 0.15) is 46.1 Å². The van der Waals surface area contributed by atoms with E-state index >= 15 is 0 Å². The number of halogens is 1. The molecule has 1 rings (SSSR count). The molecule has 29 heavy (non-hydrogen) atoms. The topological polar surface area (TPSA) is 90.9 Å². The van der Waals surface area contributed by atoms with E-state index < -0.39 is 17.7 Å². The molecule has 0 aliphatic rings. The first-order valence-electron chi connectivity index (χ1n) is 9.60. The van der Waals surface area contributed by atoms with Crippen LogP contribution in [0.2, 0.25) is 0 Å². The number of amides is 1. The standard InChI is InChI=1S/C21H30BrNO6/c1-5-27-19(25)7-6-12-28-16-10-8-15(9-11-16)13-17(18(24)14-22)23-20(26)29-21(2,3)4/h8-11,17H,5-7,12-14H2,1-4H3,(H,23,26)/t17-/m0/s1. The van der Waals surface area contributed by atoms with Gasteiger partial charge in [0.05, 0.1) is 24.6 Å². The molecule has 0 aromatic heterocycles. The molecule has 0 saturated carbocycles. The predicted octanol–water partition coefficient (Wildman–Crippen LogP) is 3.81. The summed E-state index contributed by atoms with van der Waals surface area (Å²) in [7, 11) is 0. The molecule has 0 unspecified atom stereocenters. The first-order chi connectivity index (χ1) is 13.6. The summed E-state index contributed by atoms with van der Waals surface area (Å²) in [4.78, 5) is 35.5. The minimum absolute atomic E-state index is 0.134. The van der Waals surface area contributed by atoms with E-state index in [-0.39, 0.29) is 17.1 Å². The highest BCUT2D eigenvalue weighted by molar-refractivity contribution is 9.09. The monoisotopic (exact) mass is 471 g/mol. The normalized spacial score (nSPS) is 12.0. The lowest BCUT2D eigenvalue weighted by molar-refractivity contribution is -0.143. The second-order valence-corrected chi connectivity index (χ2v) is 7.96. The first kappa shape index (κ1) is 24.9. The van der Waals surface area contributed by atoms with Gasteiger partial charge in [-0.25, -0.2) is 4.79 Å². The maximum atomic E-state index is 12.2. The van der Waals surface area contributed by atoms with Crippen molar-refractivity contribution < 1.29 is 28.6 Å². The maximum Gasteiger partial charge on any atom is 0.408 e. The highest BCUT2D eigenvalue weighted by Gasteiger charge is 2.24. The van der Waals surface area contributed by atoms with Gasteiger partial charge in [0, 0.05) is 6.42 Å². The van der Waals surface area contributed by atoms with Crippen LogP contribution in [-0.4, -0.2) is 48.0 Å². The number of esters is 1. The fourth-order valence-electron chi connectivity index (χ4n) is 2.39. The molecule has 1 aromatic rings. The van der Waals surface area contributed by atoms with Crippen molar-refractivity contribution in [3.8, 4) is 5.75 Å². The average molecular weight is 472 g/mol. The van der Waals surface area contributed by atoms with Crippen LogP contribution in [0.4, 0.5) is 4.79 Å². The van der Waals surface area contributed by atoms with E-state index in [2.05, 4.69) is 21.2 Å². The molecule has 0 aliphatic heterocycles. The van der Waals surface area contributed by atoms with Crippen LogP contribution in [0, 0.1) is 0 Å². The summed E-state index contributed by atoms with van der Waals surface area (Å²) in [5.41, 5.74) is 0.234. The summed E-state index contributed by atoms with van der Waals surface area (Å²) in [6.07, 6.45) is 0.603. The third-order valence-electron chi connectivity index (χ3n) is 3.67. The maximum absolute atomic E-state index is 12.2. The predicted molar refractivity (Wildman–Crippen MR) is 113 cm³/mol. The molecule has 7 nitrogen and oxygen atoms in total. The van der Waals surface area contributed by atoms with Crippen LogP contribution in [0.15, 0.2) is 24.3 Å². The summed E-state index contributed by atoms with van der Waals surface area (Å²) < 4.78 is 15.7. The minimum atomic E-state index is -0.694. The van der Waals surface area contributed by atoms with E-state index in [1.54, 1.807) is 39.8 Å². The van der Waals surface area contributed by atoms with E-state index in [4.69, 9.17) is 14.2 Å². The van der Waals surface area contributed by atoms with Gasteiger partial charge in [-0.05, 0) is 58.2 Å². The minimum Gasteiger partial charge on any atom is -0.494 e. The number of nitrogens with one attached hydrogen (secondary N) is 1. The van der Waals surface area contributed by atoms with Crippen molar-refractivity contribution in [2.75, 3.05) is 18.5 Å². The number of alkyl carbamates (subject to hydrolysis) is 1. The van der Waals surface area contributed by atoms with E-state index in [0.717, 1.165) is 5.56 Å². The number of hydrogen-bond acceptors (Lipinski definition) is 6. The average Bonchev–Trinajstić information content (AvgIpc) is 2.64. The Hall–Kier alpha value is -2.09. The molecule has 1 N–H and O–H groups in total. The number of ether oxygens (including phenoxy) is 3. The lowest BCUT2D eigenvalue weighted by Crippen LogP contribution is -2.45. The fourth-order valence-corrected chi connectivity index (χ4v) is 2.78. The van der Waals surface area contributed by atoms with Crippen LogP contribution in [-0.2, 0) is 25.5 Å². The van der Waals surface area contributed by atoms with Crippen LogP contribution in [0.25, 0.3) is 0 Å². The zero-order valence-electron chi connectivity index (χ0n) is 17.5. The summed E-state index contributed by atoms with van der Waals surface area (Å²) in [5, 5.41) is 2.77. The molecule has 0 aliphatic carbocycles. The van der Waals surface area contributed by atoms with Crippen LogP contribution in [0.5, 0.6) is 5.75 Å². The van der Waals surface area contributed by atoms with Gasteiger partial charge in [-0.2, -0.15) is 0 Å². The van der Waals surface area contributed by atoms with Gasteiger partial charge in [0.25, 0.3) is 0 Å². The molecular formula is C21H30BrNO6. The van der Waals surface area contributed by atoms with Crippen LogP contribution < -0.4 is 10.1 Å².